The van der Waals surface area contributed by atoms with Gasteiger partial charge >= 0.3 is 0 Å². The summed E-state index contributed by atoms with van der Waals surface area (Å²) in [7, 11) is -1.57. The van der Waals surface area contributed by atoms with Crippen LogP contribution in [0.5, 0.6) is 5.75 Å². The molecule has 1 N–H and O–H groups in total. The van der Waals surface area contributed by atoms with Gasteiger partial charge in [0.2, 0.25) is 15.9 Å². The number of nitrogens with zero attached hydrogens (tertiary/aromatic N) is 2. The summed E-state index contributed by atoms with van der Waals surface area (Å²) in [5, 5.41) is 2.84. The molecule has 166 valence electrons. The molecule has 0 saturated carbocycles. The summed E-state index contributed by atoms with van der Waals surface area (Å²) >= 11 is 6.88. The van der Waals surface area contributed by atoms with Crippen LogP contribution in [-0.4, -0.2) is 58.2 Å². The van der Waals surface area contributed by atoms with Gasteiger partial charge in [-0.1, -0.05) is 15.9 Å². The van der Waals surface area contributed by atoms with Crippen LogP contribution < -0.4 is 15.0 Å². The smallest absolute Gasteiger partial charge is 0.248 e. The maximum Gasteiger partial charge on any atom is 0.248 e. The lowest BCUT2D eigenvalue weighted by Crippen LogP contribution is -2.48. The van der Waals surface area contributed by atoms with Gasteiger partial charge in [-0.15, -0.1) is 0 Å². The van der Waals surface area contributed by atoms with E-state index in [2.05, 4.69) is 42.1 Å². The molecule has 0 aromatic heterocycles. The van der Waals surface area contributed by atoms with Crippen LogP contribution >= 0.6 is 31.9 Å². The molecule has 0 spiro atoms. The Hall–Kier alpha value is -1.88. The second-order valence-electron chi connectivity index (χ2n) is 7.03. The molecule has 7 nitrogen and oxygen atoms in total. The molecule has 3 rings (SSSR count). The molecular formula is C21H23Br2N3O4S. The first-order valence-corrected chi connectivity index (χ1v) is 12.9. The maximum atomic E-state index is 12.3. The standard InChI is InChI=1S/C21H23Br2N3O4S/c1-30-21-15(13-16(22)14-19(21)23)3-8-20(27)24-17-4-6-18(7-5-17)25-9-11-26(12-10-25)31(2,28)29/h3-8,13-14H,9-12H2,1-2H3,(H,24,27)/b8-3+. The minimum atomic E-state index is -3.15. The van der Waals surface area contributed by atoms with E-state index in [0.717, 1.165) is 20.2 Å². The number of ether oxygens (including phenoxy) is 1. The van der Waals surface area contributed by atoms with Crippen molar-refractivity contribution in [3.63, 3.8) is 0 Å². The molecule has 1 fully saturated rings. The Morgan fingerprint density at radius 2 is 1.74 bits per heavy atom. The van der Waals surface area contributed by atoms with Crippen molar-refractivity contribution in [3.05, 3.63) is 57.0 Å². The third kappa shape index (κ3) is 6.31. The molecule has 0 aliphatic carbocycles. The summed E-state index contributed by atoms with van der Waals surface area (Å²) in [4.78, 5) is 14.5. The number of anilines is 2. The topological polar surface area (TPSA) is 79.0 Å². The molecule has 0 bridgehead atoms. The minimum Gasteiger partial charge on any atom is -0.495 e. The van der Waals surface area contributed by atoms with Crippen LogP contribution in [-0.2, 0) is 14.8 Å². The van der Waals surface area contributed by atoms with Gasteiger partial charge in [-0.25, -0.2) is 8.42 Å². The van der Waals surface area contributed by atoms with E-state index in [9.17, 15) is 13.2 Å². The first-order valence-electron chi connectivity index (χ1n) is 9.49. The average molecular weight is 573 g/mol. The summed E-state index contributed by atoms with van der Waals surface area (Å²) in [6.07, 6.45) is 4.38. The number of carbonyl (C=O) groups excluding carboxylic acids is 1. The van der Waals surface area contributed by atoms with Crippen molar-refractivity contribution in [2.75, 3.05) is 49.8 Å². The summed E-state index contributed by atoms with van der Waals surface area (Å²) in [5.74, 6) is 0.389. The van der Waals surface area contributed by atoms with E-state index in [0.29, 0.717) is 37.6 Å². The highest BCUT2D eigenvalue weighted by Gasteiger charge is 2.23. The van der Waals surface area contributed by atoms with Crippen molar-refractivity contribution >= 4 is 65.2 Å². The van der Waals surface area contributed by atoms with Crippen molar-refractivity contribution in [1.29, 1.82) is 0 Å². The molecule has 0 unspecified atom stereocenters. The number of benzene rings is 2. The van der Waals surface area contributed by atoms with Gasteiger partial charge in [0, 0.05) is 53.7 Å². The van der Waals surface area contributed by atoms with Gasteiger partial charge in [-0.05, 0) is 58.4 Å². The second kappa shape index (κ2) is 10.2. The Labute approximate surface area is 199 Å². The number of methoxy groups -OCH3 is 1. The van der Waals surface area contributed by atoms with Crippen LogP contribution in [0.25, 0.3) is 6.08 Å². The highest BCUT2D eigenvalue weighted by Crippen LogP contribution is 2.33. The summed E-state index contributed by atoms with van der Waals surface area (Å²) in [6.45, 7) is 2.20. The third-order valence-corrected chi connectivity index (χ3v) is 7.21. The van der Waals surface area contributed by atoms with E-state index in [1.54, 1.807) is 13.2 Å². The number of sulfonamides is 1. The highest BCUT2D eigenvalue weighted by atomic mass is 79.9. The lowest BCUT2D eigenvalue weighted by atomic mass is 10.2. The molecule has 0 radical (unpaired) electrons. The van der Waals surface area contributed by atoms with E-state index in [-0.39, 0.29) is 5.91 Å². The summed E-state index contributed by atoms with van der Waals surface area (Å²) in [6, 6.07) is 11.2. The Kier molecular flexibility index (Phi) is 7.79. The number of nitrogens with one attached hydrogen (secondary N) is 1. The first kappa shape index (κ1) is 23.8. The quantitative estimate of drug-likeness (QED) is 0.530. The van der Waals surface area contributed by atoms with Gasteiger partial charge < -0.3 is 15.0 Å². The molecular weight excluding hydrogens is 550 g/mol. The fraction of sp³-hybridized carbons (Fsp3) is 0.286. The van der Waals surface area contributed by atoms with E-state index in [1.807, 2.05) is 36.4 Å². The number of rotatable bonds is 6. The molecule has 0 atom stereocenters. The third-order valence-electron chi connectivity index (χ3n) is 4.86. The van der Waals surface area contributed by atoms with Gasteiger partial charge in [0.15, 0.2) is 0 Å². The minimum absolute atomic E-state index is 0.257. The van der Waals surface area contributed by atoms with Crippen LogP contribution in [0.1, 0.15) is 5.56 Å². The normalized spacial score (nSPS) is 15.3. The van der Waals surface area contributed by atoms with Crippen molar-refractivity contribution in [2.45, 2.75) is 0 Å². The van der Waals surface area contributed by atoms with Gasteiger partial charge in [-0.2, -0.15) is 4.31 Å². The molecule has 1 aliphatic heterocycles. The summed E-state index contributed by atoms with van der Waals surface area (Å²) in [5.41, 5.74) is 2.43. The molecule has 2 aromatic carbocycles. The van der Waals surface area contributed by atoms with Gasteiger partial charge in [0.25, 0.3) is 0 Å². The second-order valence-corrected chi connectivity index (χ2v) is 10.8. The Morgan fingerprint density at radius 3 is 2.32 bits per heavy atom. The van der Waals surface area contributed by atoms with Crippen molar-refractivity contribution in [2.24, 2.45) is 0 Å². The van der Waals surface area contributed by atoms with Crippen LogP contribution in [0.15, 0.2) is 51.4 Å². The van der Waals surface area contributed by atoms with Gasteiger partial charge in [0.05, 0.1) is 17.8 Å². The zero-order valence-electron chi connectivity index (χ0n) is 17.1. The van der Waals surface area contributed by atoms with Crippen molar-refractivity contribution < 1.29 is 17.9 Å². The Bertz CT molecular complexity index is 1080. The number of carbonyl (C=O) groups is 1. The maximum absolute atomic E-state index is 12.3. The molecule has 2 aromatic rings. The zero-order valence-corrected chi connectivity index (χ0v) is 21.1. The summed E-state index contributed by atoms with van der Waals surface area (Å²) < 4.78 is 31.8. The molecule has 1 amide bonds. The van der Waals surface area contributed by atoms with Crippen molar-refractivity contribution in [3.8, 4) is 5.75 Å². The molecule has 1 heterocycles. The fourth-order valence-corrected chi connectivity index (χ4v) is 5.55. The molecule has 1 saturated heterocycles. The number of amides is 1. The molecule has 10 heteroatoms. The van der Waals surface area contributed by atoms with E-state index in [1.165, 1.54) is 16.6 Å². The first-order chi connectivity index (χ1) is 14.7. The van der Waals surface area contributed by atoms with Crippen LogP contribution in [0.3, 0.4) is 0 Å². The predicted octanol–water partition coefficient (Wildman–Crippen LogP) is 3.95. The van der Waals surface area contributed by atoms with Crippen LogP contribution in [0.2, 0.25) is 0 Å². The number of halogens is 2. The van der Waals surface area contributed by atoms with E-state index in [4.69, 9.17) is 4.74 Å². The van der Waals surface area contributed by atoms with E-state index < -0.39 is 10.0 Å². The Balaban J connectivity index is 1.60. The fourth-order valence-electron chi connectivity index (χ4n) is 3.30. The largest absolute Gasteiger partial charge is 0.495 e. The van der Waals surface area contributed by atoms with Crippen LogP contribution in [0, 0.1) is 0 Å². The predicted molar refractivity (Wildman–Crippen MR) is 131 cm³/mol. The lowest BCUT2D eigenvalue weighted by Gasteiger charge is -2.34. The van der Waals surface area contributed by atoms with Gasteiger partial charge in [0.1, 0.15) is 5.75 Å². The average Bonchev–Trinajstić information content (AvgIpc) is 2.72. The zero-order chi connectivity index (χ0) is 22.6. The number of hydrogen-bond donors (Lipinski definition) is 1. The van der Waals surface area contributed by atoms with Gasteiger partial charge in [-0.3, -0.25) is 4.79 Å². The highest BCUT2D eigenvalue weighted by molar-refractivity contribution is 9.11. The molecule has 31 heavy (non-hydrogen) atoms. The van der Waals surface area contributed by atoms with Crippen LogP contribution in [0.4, 0.5) is 11.4 Å². The lowest BCUT2D eigenvalue weighted by molar-refractivity contribution is -0.111. The SMILES string of the molecule is COc1c(Br)cc(Br)cc1/C=C/C(=O)Nc1ccc(N2CCN(S(C)(=O)=O)CC2)cc1. The molecule has 1 aliphatic rings. The Morgan fingerprint density at radius 1 is 1.10 bits per heavy atom. The van der Waals surface area contributed by atoms with E-state index >= 15 is 0 Å². The number of piperazine rings is 1. The van der Waals surface area contributed by atoms with Crippen molar-refractivity contribution in [1.82, 2.24) is 4.31 Å². The number of hydrogen-bond acceptors (Lipinski definition) is 5. The monoisotopic (exact) mass is 571 g/mol.